The molecule has 0 amide bonds. The van der Waals surface area contributed by atoms with E-state index in [1.54, 1.807) is 6.08 Å². The molecule has 2 saturated heterocycles. The monoisotopic (exact) mass is 257 g/mol. The van der Waals surface area contributed by atoms with Crippen LogP contribution in [0.4, 0.5) is 0 Å². The van der Waals surface area contributed by atoms with Gasteiger partial charge in [0, 0.05) is 19.0 Å². The highest BCUT2D eigenvalue weighted by Crippen LogP contribution is 2.40. The normalized spacial score (nSPS) is 41.4. The summed E-state index contributed by atoms with van der Waals surface area (Å²) in [6.07, 6.45) is 3.77. The Morgan fingerprint density at radius 3 is 2.61 bits per heavy atom. The van der Waals surface area contributed by atoms with Gasteiger partial charge in [0.05, 0.1) is 0 Å². The number of nitrogens with two attached hydrogens (primary N) is 2. The van der Waals surface area contributed by atoms with Crippen LogP contribution < -0.4 is 11.8 Å². The molecular weight excluding hydrogens is 234 g/mol. The van der Waals surface area contributed by atoms with Crippen LogP contribution in [0.15, 0.2) is 12.7 Å². The molecule has 0 aromatic rings. The van der Waals surface area contributed by atoms with Crippen molar-refractivity contribution in [2.24, 2.45) is 17.7 Å². The molecule has 2 aliphatic rings. The maximum atomic E-state index is 6.14. The summed E-state index contributed by atoms with van der Waals surface area (Å²) in [7, 11) is 0. The lowest BCUT2D eigenvalue weighted by Gasteiger charge is -2.30. The van der Waals surface area contributed by atoms with Gasteiger partial charge in [-0.25, -0.2) is 11.8 Å². The Hall–Kier alpha value is -0.500. The number of hydrogen-bond donors (Lipinski definition) is 2. The lowest BCUT2D eigenvalue weighted by atomic mass is 9.91. The maximum absolute atomic E-state index is 6.14. The molecule has 104 valence electrons. The smallest absolute Gasteiger partial charge is 0.142 e. The van der Waals surface area contributed by atoms with Gasteiger partial charge in [-0.05, 0) is 12.8 Å². The minimum atomic E-state index is -0.768. The standard InChI is InChI=1S/C12H23N3O3/c1-3-12(8-16-13)10(18-14)9(2)11(17-12)15-6-4-5-7-15/h3,9-11H,1,4-8,13-14H2,2H3. The quantitative estimate of drug-likeness (QED) is 0.539. The summed E-state index contributed by atoms with van der Waals surface area (Å²) in [5.41, 5.74) is -0.768. The third kappa shape index (κ3) is 2.20. The van der Waals surface area contributed by atoms with Crippen molar-refractivity contribution in [1.82, 2.24) is 4.90 Å². The van der Waals surface area contributed by atoms with Crippen LogP contribution in [0.3, 0.4) is 0 Å². The Labute approximate surface area is 108 Å². The zero-order valence-corrected chi connectivity index (χ0v) is 10.9. The van der Waals surface area contributed by atoms with E-state index in [2.05, 4.69) is 18.4 Å². The molecule has 4 unspecified atom stereocenters. The Bertz CT molecular complexity index is 296. The third-order valence-electron chi connectivity index (χ3n) is 4.05. The fourth-order valence-electron chi connectivity index (χ4n) is 3.11. The summed E-state index contributed by atoms with van der Waals surface area (Å²) in [6, 6.07) is 0. The maximum Gasteiger partial charge on any atom is 0.142 e. The second-order valence-corrected chi connectivity index (χ2v) is 5.14. The van der Waals surface area contributed by atoms with Crippen LogP contribution in [-0.2, 0) is 14.4 Å². The highest BCUT2D eigenvalue weighted by Gasteiger charge is 2.54. The minimum Gasteiger partial charge on any atom is -0.347 e. The molecule has 0 saturated carbocycles. The van der Waals surface area contributed by atoms with Gasteiger partial charge >= 0.3 is 0 Å². The summed E-state index contributed by atoms with van der Waals surface area (Å²) in [5.74, 6) is 10.8. The van der Waals surface area contributed by atoms with Crippen LogP contribution >= 0.6 is 0 Å². The molecule has 0 spiro atoms. The molecule has 2 heterocycles. The summed E-state index contributed by atoms with van der Waals surface area (Å²) in [5, 5.41) is 0. The van der Waals surface area contributed by atoms with Crippen molar-refractivity contribution in [3.63, 3.8) is 0 Å². The number of likely N-dealkylation sites (tertiary alicyclic amines) is 1. The third-order valence-corrected chi connectivity index (χ3v) is 4.05. The fourth-order valence-corrected chi connectivity index (χ4v) is 3.11. The summed E-state index contributed by atoms with van der Waals surface area (Å²) in [6.45, 7) is 8.16. The zero-order valence-electron chi connectivity index (χ0n) is 10.9. The van der Waals surface area contributed by atoms with Crippen molar-refractivity contribution >= 4 is 0 Å². The van der Waals surface area contributed by atoms with Crippen LogP contribution in [0.1, 0.15) is 19.8 Å². The summed E-state index contributed by atoms with van der Waals surface area (Å²) >= 11 is 0. The molecule has 4 N–H and O–H groups in total. The Morgan fingerprint density at radius 1 is 1.44 bits per heavy atom. The molecule has 0 radical (unpaired) electrons. The highest BCUT2D eigenvalue weighted by molar-refractivity contribution is 5.11. The average Bonchev–Trinajstić information content (AvgIpc) is 2.97. The second kappa shape index (κ2) is 5.64. The van der Waals surface area contributed by atoms with Crippen molar-refractivity contribution in [3.05, 3.63) is 12.7 Å². The van der Waals surface area contributed by atoms with Gasteiger partial charge in [0.2, 0.25) is 0 Å². The van der Waals surface area contributed by atoms with Crippen LogP contribution in [0.25, 0.3) is 0 Å². The molecule has 0 bridgehead atoms. The van der Waals surface area contributed by atoms with Crippen LogP contribution in [0.2, 0.25) is 0 Å². The molecule has 2 fully saturated rings. The molecule has 0 aromatic heterocycles. The zero-order chi connectivity index (χ0) is 13.2. The van der Waals surface area contributed by atoms with E-state index >= 15 is 0 Å². The summed E-state index contributed by atoms with van der Waals surface area (Å²) < 4.78 is 6.14. The Kier molecular flexibility index (Phi) is 4.37. The molecule has 0 aromatic carbocycles. The van der Waals surface area contributed by atoms with Crippen molar-refractivity contribution in [1.29, 1.82) is 0 Å². The van der Waals surface area contributed by atoms with Gasteiger partial charge in [0.15, 0.2) is 0 Å². The van der Waals surface area contributed by atoms with Gasteiger partial charge in [-0.15, -0.1) is 6.58 Å². The van der Waals surface area contributed by atoms with Crippen molar-refractivity contribution in [3.8, 4) is 0 Å². The molecule has 6 nitrogen and oxygen atoms in total. The van der Waals surface area contributed by atoms with Gasteiger partial charge in [0.1, 0.15) is 24.5 Å². The molecular formula is C12H23N3O3. The largest absolute Gasteiger partial charge is 0.347 e. The van der Waals surface area contributed by atoms with Crippen molar-refractivity contribution in [2.75, 3.05) is 19.7 Å². The lowest BCUT2D eigenvalue weighted by molar-refractivity contribution is -0.137. The van der Waals surface area contributed by atoms with E-state index in [1.807, 2.05) is 0 Å². The predicted molar refractivity (Wildman–Crippen MR) is 67.0 cm³/mol. The Morgan fingerprint density at radius 2 is 2.11 bits per heavy atom. The molecule has 2 rings (SSSR count). The first kappa shape index (κ1) is 13.9. The van der Waals surface area contributed by atoms with E-state index in [1.165, 1.54) is 12.8 Å². The van der Waals surface area contributed by atoms with Gasteiger partial charge in [0.25, 0.3) is 0 Å². The van der Waals surface area contributed by atoms with Crippen LogP contribution in [0, 0.1) is 5.92 Å². The second-order valence-electron chi connectivity index (χ2n) is 5.14. The molecule has 18 heavy (non-hydrogen) atoms. The number of nitrogens with zero attached hydrogens (tertiary/aromatic N) is 1. The van der Waals surface area contributed by atoms with E-state index in [4.69, 9.17) is 26.2 Å². The first-order chi connectivity index (χ1) is 8.68. The molecule has 2 aliphatic heterocycles. The fraction of sp³-hybridized carbons (Fsp3) is 0.833. The van der Waals surface area contributed by atoms with E-state index in [0.29, 0.717) is 0 Å². The highest BCUT2D eigenvalue weighted by atomic mass is 16.7. The van der Waals surface area contributed by atoms with Crippen LogP contribution in [-0.4, -0.2) is 42.5 Å². The van der Waals surface area contributed by atoms with E-state index in [-0.39, 0.29) is 24.9 Å². The van der Waals surface area contributed by atoms with Gasteiger partial charge in [-0.2, -0.15) is 0 Å². The topological polar surface area (TPSA) is 83.0 Å². The number of ether oxygens (including phenoxy) is 1. The average molecular weight is 257 g/mol. The van der Waals surface area contributed by atoms with E-state index < -0.39 is 5.60 Å². The predicted octanol–water partition coefficient (Wildman–Crippen LogP) is 0.149. The van der Waals surface area contributed by atoms with Crippen LogP contribution in [0.5, 0.6) is 0 Å². The van der Waals surface area contributed by atoms with E-state index in [0.717, 1.165) is 13.1 Å². The number of hydrogen-bond acceptors (Lipinski definition) is 6. The first-order valence-corrected chi connectivity index (χ1v) is 6.41. The lowest BCUT2D eigenvalue weighted by Crippen LogP contribution is -2.47. The number of rotatable bonds is 5. The molecule has 0 aliphatic carbocycles. The van der Waals surface area contributed by atoms with Gasteiger partial charge in [-0.1, -0.05) is 13.0 Å². The van der Waals surface area contributed by atoms with E-state index in [9.17, 15) is 0 Å². The van der Waals surface area contributed by atoms with Gasteiger partial charge in [-0.3, -0.25) is 9.74 Å². The Balaban J connectivity index is 2.18. The molecule has 4 atom stereocenters. The molecule has 6 heteroatoms. The SMILES string of the molecule is C=CC1(CON)OC(N2CCCC2)C(C)C1ON. The van der Waals surface area contributed by atoms with Crippen molar-refractivity contribution in [2.45, 2.75) is 37.7 Å². The summed E-state index contributed by atoms with van der Waals surface area (Å²) in [4.78, 5) is 12.2. The minimum absolute atomic E-state index is 0.0193. The van der Waals surface area contributed by atoms with Gasteiger partial charge < -0.3 is 9.57 Å². The van der Waals surface area contributed by atoms with Crippen molar-refractivity contribution < 1.29 is 14.4 Å². The first-order valence-electron chi connectivity index (χ1n) is 6.41.